The summed E-state index contributed by atoms with van der Waals surface area (Å²) in [7, 11) is 0. The Hall–Kier alpha value is -9.55. The minimum absolute atomic E-state index is 0.119. The lowest BCUT2D eigenvalue weighted by Crippen LogP contribution is -2.46. The van der Waals surface area contributed by atoms with Gasteiger partial charge in [0.1, 0.15) is 62.8 Å². The van der Waals surface area contributed by atoms with Crippen LogP contribution in [-0.4, -0.2) is 88.3 Å². The average Bonchev–Trinajstić information content (AvgIpc) is 0.848. The second kappa shape index (κ2) is 24.6. The van der Waals surface area contributed by atoms with Crippen LogP contribution < -0.4 is 5.12 Å². The number of aromatic nitrogens is 12. The molecule has 31 heteroatoms. The Kier molecular flexibility index (Phi) is 17.4. The summed E-state index contributed by atoms with van der Waals surface area (Å²) in [5.41, 5.74) is -12.9. The van der Waals surface area contributed by atoms with E-state index in [0.717, 1.165) is 78.3 Å². The molecule has 7 aromatic heterocycles. The highest BCUT2D eigenvalue weighted by Gasteiger charge is 2.60. The molecule has 0 bridgehead atoms. The van der Waals surface area contributed by atoms with Crippen molar-refractivity contribution in [2.75, 3.05) is 5.12 Å². The van der Waals surface area contributed by atoms with E-state index in [1.807, 2.05) is 0 Å². The van der Waals surface area contributed by atoms with Gasteiger partial charge >= 0.3 is 30.2 Å². The molecule has 0 spiro atoms. The predicted octanol–water partition coefficient (Wildman–Crippen LogP) is 9.93. The Labute approximate surface area is 484 Å². The number of benzene rings is 3. The van der Waals surface area contributed by atoms with Gasteiger partial charge in [0, 0.05) is 100 Å². The van der Waals surface area contributed by atoms with Crippen molar-refractivity contribution >= 4 is 34.0 Å². The van der Waals surface area contributed by atoms with E-state index in [1.54, 1.807) is 0 Å². The van der Waals surface area contributed by atoms with Crippen LogP contribution in [0.15, 0.2) is 173 Å². The molecule has 0 saturated heterocycles. The van der Waals surface area contributed by atoms with E-state index in [0.29, 0.717) is 28.4 Å². The highest BCUT2D eigenvalue weighted by Crippen LogP contribution is 2.50. The fourth-order valence-corrected chi connectivity index (χ4v) is 9.06. The van der Waals surface area contributed by atoms with Gasteiger partial charge in [-0.2, -0.15) is 41.6 Å². The van der Waals surface area contributed by atoms with Crippen LogP contribution in [0.25, 0.3) is 5.69 Å². The van der Waals surface area contributed by atoms with Gasteiger partial charge in [0.05, 0.1) is 30.5 Å². The van der Waals surface area contributed by atoms with Crippen molar-refractivity contribution < 1.29 is 68.0 Å². The minimum atomic E-state index is -4.07. The van der Waals surface area contributed by atoms with E-state index in [4.69, 9.17) is 0 Å². The number of aromatic amines is 3. The maximum atomic E-state index is 15.6. The van der Waals surface area contributed by atoms with E-state index in [9.17, 15) is 41.7 Å². The van der Waals surface area contributed by atoms with Crippen LogP contribution in [-0.2, 0) is 53.8 Å². The van der Waals surface area contributed by atoms with E-state index in [2.05, 4.69) is 88.2 Å². The van der Waals surface area contributed by atoms with Crippen molar-refractivity contribution in [3.63, 3.8) is 0 Å². The summed E-state index contributed by atoms with van der Waals surface area (Å²) in [5.74, 6) is -18.9. The molecule has 442 valence electrons. The third-order valence-corrected chi connectivity index (χ3v) is 13.7. The van der Waals surface area contributed by atoms with Crippen LogP contribution in [0.4, 0.5) is 58.4 Å². The molecule has 0 amide bonds. The molecular weight excluding hydrogens is 1230 g/mol. The first-order valence-corrected chi connectivity index (χ1v) is 25.5. The Morgan fingerprint density at radius 3 is 1.17 bits per heavy atom. The molecule has 86 heavy (non-hydrogen) atoms. The molecule has 1 aliphatic heterocycles. The number of hydrogen-bond donors (Lipinski definition) is 6. The molecule has 3 unspecified atom stereocenters. The van der Waals surface area contributed by atoms with Gasteiger partial charge in [-0.15, -0.1) is 5.10 Å². The monoisotopic (exact) mass is 1260 g/mol. The molecule has 0 saturated carbocycles. The quantitative estimate of drug-likeness (QED) is 0.0369. The van der Waals surface area contributed by atoms with Gasteiger partial charge in [-0.05, 0) is 88.7 Å². The van der Waals surface area contributed by atoms with Crippen LogP contribution in [0, 0.1) is 34.9 Å². The van der Waals surface area contributed by atoms with Crippen molar-refractivity contribution in [3.05, 3.63) is 249 Å². The number of alkyl halides is 6. The van der Waals surface area contributed by atoms with E-state index < -0.39 is 123 Å². The number of anilines is 1. The predicted molar refractivity (Wildman–Crippen MR) is 283 cm³/mol. The van der Waals surface area contributed by atoms with E-state index in [1.165, 1.54) is 78.3 Å². The highest BCUT2D eigenvalue weighted by atomic mass is 79.9. The zero-order valence-corrected chi connectivity index (χ0v) is 44.9. The van der Waals surface area contributed by atoms with E-state index >= 15 is 26.3 Å². The third-order valence-electron chi connectivity index (χ3n) is 13.2. The molecule has 3 aromatic carbocycles. The van der Waals surface area contributed by atoms with Gasteiger partial charge in [-0.3, -0.25) is 30.2 Å². The largest absolute Gasteiger partial charge is 0.445 e. The topological polar surface area (TPSA) is 244 Å². The van der Waals surface area contributed by atoms with Gasteiger partial charge in [0.15, 0.2) is 16.8 Å². The fraction of sp³-hybridized carbons (Fsp3) is 0.164. The first-order valence-electron chi connectivity index (χ1n) is 24.7. The zero-order valence-electron chi connectivity index (χ0n) is 43.3. The lowest BCUT2D eigenvalue weighted by Gasteiger charge is -2.36. The van der Waals surface area contributed by atoms with E-state index in [-0.39, 0.29) is 22.8 Å². The zero-order chi connectivity index (χ0) is 61.7. The van der Waals surface area contributed by atoms with Crippen molar-refractivity contribution in [1.82, 2.24) is 60.5 Å². The van der Waals surface area contributed by atoms with Crippen molar-refractivity contribution in [2.24, 2.45) is 10.2 Å². The Balaban J connectivity index is 0.000000155. The molecule has 10 aromatic rings. The molecular formula is C55H39BrF12N15O3+. The molecule has 11 rings (SSSR count). The number of hydrazone groups is 2. The van der Waals surface area contributed by atoms with Gasteiger partial charge < -0.3 is 15.3 Å². The summed E-state index contributed by atoms with van der Waals surface area (Å²) in [6.07, 6.45) is 11.7. The van der Waals surface area contributed by atoms with Crippen LogP contribution in [0.2, 0.25) is 0 Å². The number of H-pyrrole nitrogens is 3. The Morgan fingerprint density at radius 2 is 0.872 bits per heavy atom. The summed E-state index contributed by atoms with van der Waals surface area (Å²) in [4.78, 5) is 11.1. The number of nitrogens with zero attached hydrogens (tertiary/aromatic N) is 12. The number of aliphatic hydroxyl groups is 3. The average molecular weight is 1270 g/mol. The maximum Gasteiger partial charge on any atom is 0.445 e. The Morgan fingerprint density at radius 1 is 0.477 bits per heavy atom. The summed E-state index contributed by atoms with van der Waals surface area (Å²) in [6, 6.07) is 17.1. The standard InChI is InChI=1S/C19H14F4N6O.C19H13F4N6O.C17H12BrF4N3O/c20-12-1-3-15(16(21)9-12)18(30,10-13-5-6-25-27-13)19(22,23)17-4-2-14(11-24-17)29-8-7-26-28-29;20-12-1-3-15(16(21)9-12)18(30,10-13-5-6-25-28-13)19(22,23)17-4-2-14(11-24-17)29-26-7-8-27-29;18-10-1-4-15(23-9-10)17(21,22)16(26,8-12-5-6-24-25-12)13-3-2-11(19)7-14(13)20/h1-9,11,30H,10H2,(H,25,27);1-7,9,11,30H,10H2,(H,25,28);1-7,9,26H,8H2,(H,24,25)/q;+1;. The lowest BCUT2D eigenvalue weighted by molar-refractivity contribution is -0.199. The summed E-state index contributed by atoms with van der Waals surface area (Å²) in [6.45, 7) is 0. The van der Waals surface area contributed by atoms with Gasteiger partial charge in [0.2, 0.25) is 0 Å². The third kappa shape index (κ3) is 12.3. The second-order valence-electron chi connectivity index (χ2n) is 18.7. The Bertz CT molecular complexity index is 3940. The van der Waals surface area contributed by atoms with Gasteiger partial charge in [-0.1, -0.05) is 33.6 Å². The summed E-state index contributed by atoms with van der Waals surface area (Å²) < 4.78 is 178. The number of pyridine rings is 3. The van der Waals surface area contributed by atoms with Gasteiger partial charge in [-0.25, -0.2) is 31.0 Å². The van der Waals surface area contributed by atoms with Crippen molar-refractivity contribution in [2.45, 2.75) is 53.8 Å². The normalized spacial score (nSPS) is 14.5. The second-order valence-corrected chi connectivity index (χ2v) is 19.6. The summed E-state index contributed by atoms with van der Waals surface area (Å²) >= 11 is 3.09. The van der Waals surface area contributed by atoms with Crippen LogP contribution in [0.1, 0.15) is 50.9 Å². The number of nitrogens with one attached hydrogen (secondary N) is 3. The first kappa shape index (κ1) is 61.0. The molecule has 6 N–H and O–H groups in total. The minimum Gasteiger partial charge on any atom is -0.378 e. The molecule has 0 fully saturated rings. The van der Waals surface area contributed by atoms with Gasteiger partial charge in [0.25, 0.3) is 0 Å². The van der Waals surface area contributed by atoms with Crippen molar-refractivity contribution in [3.8, 4) is 5.69 Å². The smallest absolute Gasteiger partial charge is 0.378 e. The fourth-order valence-electron chi connectivity index (χ4n) is 8.83. The van der Waals surface area contributed by atoms with Crippen LogP contribution in [0.5, 0.6) is 0 Å². The first-order chi connectivity index (χ1) is 40.9. The molecule has 18 nitrogen and oxygen atoms in total. The molecule has 0 radical (unpaired) electrons. The van der Waals surface area contributed by atoms with Crippen LogP contribution in [0.3, 0.4) is 0 Å². The SMILES string of the molecule is OC(Cc1ccn[nH]1)(c1ccc(F)cc1F)C(F)(F)c1ccc(-n2ccnn2)cn1.OC(Cc1ccn[nH]1)(c1ccc(F)cc1F)C(F)(F)c1ccc(Br)cn1.OC(Cc1ccn[nH]1)(c1ccc(F)cc1F)C(F)(F)c1ccc(N2N=[C+]C=N2)cn1. The molecule has 8 heterocycles. The maximum absolute atomic E-state index is 15.6. The van der Waals surface area contributed by atoms with Crippen molar-refractivity contribution in [1.29, 1.82) is 0 Å². The number of rotatable bonds is 17. The number of halogens is 13. The van der Waals surface area contributed by atoms with Crippen LogP contribution >= 0.6 is 15.9 Å². The number of hydrogen-bond acceptors (Lipinski definition) is 14. The highest BCUT2D eigenvalue weighted by molar-refractivity contribution is 9.10. The molecule has 0 aliphatic carbocycles. The lowest BCUT2D eigenvalue weighted by atomic mass is 9.81. The molecule has 3 atom stereocenters. The molecule has 1 aliphatic rings. The summed E-state index contributed by atoms with van der Waals surface area (Å²) in [5, 5.41) is 67.6.